The van der Waals surface area contributed by atoms with Gasteiger partial charge in [0.05, 0.1) is 6.54 Å². The van der Waals surface area contributed by atoms with Gasteiger partial charge >= 0.3 is 12.0 Å². The summed E-state index contributed by atoms with van der Waals surface area (Å²) < 4.78 is 6.02. The Bertz CT molecular complexity index is 1170. The maximum atomic E-state index is 12.1. The molecule has 0 aliphatic heterocycles. The molecule has 10 heteroatoms. The van der Waals surface area contributed by atoms with Crippen molar-refractivity contribution < 1.29 is 9.53 Å². The van der Waals surface area contributed by atoms with E-state index in [1.54, 1.807) is 32.1 Å². The molecule has 1 atom stereocenters. The lowest BCUT2D eigenvalue weighted by atomic mass is 10.1. The number of amides is 1. The first-order chi connectivity index (χ1) is 14.7. The molecule has 0 fully saturated rings. The van der Waals surface area contributed by atoms with E-state index in [2.05, 4.69) is 31.5 Å². The van der Waals surface area contributed by atoms with Crippen LogP contribution in [0, 0.1) is 17.9 Å². The van der Waals surface area contributed by atoms with Gasteiger partial charge in [-0.3, -0.25) is 0 Å². The average molecular weight is 455 g/mol. The monoisotopic (exact) mass is 454 g/mol. The van der Waals surface area contributed by atoms with Crippen LogP contribution in [0.15, 0.2) is 17.5 Å². The van der Waals surface area contributed by atoms with Crippen LogP contribution in [0.4, 0.5) is 16.6 Å². The number of fused-ring (bicyclic) bond motifs is 1. The molecular weight excluding hydrogens is 432 g/mol. The normalized spacial score (nSPS) is 12.1. The molecule has 3 rings (SSSR count). The van der Waals surface area contributed by atoms with Gasteiger partial charge in [-0.25, -0.2) is 4.79 Å². The Kier molecular flexibility index (Phi) is 6.74. The van der Waals surface area contributed by atoms with Crippen LogP contribution in [0.2, 0.25) is 0 Å². The van der Waals surface area contributed by atoms with Crippen LogP contribution in [0.5, 0.6) is 0 Å². The number of hydrogen-bond acceptors (Lipinski definition) is 8. The van der Waals surface area contributed by atoms with Crippen LogP contribution in [0.1, 0.15) is 43.0 Å². The number of carbonyl (C=O) groups excluding carboxylic acids is 1. The van der Waals surface area contributed by atoms with Gasteiger partial charge < -0.3 is 20.2 Å². The number of alkyl carbamates (subject to hydrolysis) is 1. The largest absolute Gasteiger partial charge is 0.444 e. The molecule has 1 amide bonds. The maximum Gasteiger partial charge on any atom is 0.407 e. The standard InChI is InChI=1S/C21H22N6O2S2/c1-12(25-20(28)29-21(2,3)4)9-15-14(10-22)16-17(31-15)18(27-19(23-5)26-16)24-11-13-7-6-8-30-13/h6-8,12H,9,11H2,1-4H3,(H,25,28)(H,24,26,27)/t12-/m0/s1. The number of hydrogen-bond donors (Lipinski definition) is 2. The Morgan fingerprint density at radius 2 is 2.19 bits per heavy atom. The molecule has 0 aromatic carbocycles. The fraction of sp³-hybridized carbons (Fsp3) is 0.381. The van der Waals surface area contributed by atoms with E-state index in [4.69, 9.17) is 11.3 Å². The summed E-state index contributed by atoms with van der Waals surface area (Å²) in [7, 11) is 0. The molecule has 0 bridgehead atoms. The molecule has 160 valence electrons. The van der Waals surface area contributed by atoms with Crippen molar-refractivity contribution in [2.24, 2.45) is 0 Å². The summed E-state index contributed by atoms with van der Waals surface area (Å²) in [5, 5.41) is 17.8. The second-order valence-corrected chi connectivity index (χ2v) is 10.00. The third kappa shape index (κ3) is 5.69. The SMILES string of the molecule is [C-]#[N+]c1nc(NCc2cccs2)c2sc(C[C@H](C)NC(=O)OC(C)(C)C)c(C#N)c2n1. The molecule has 8 nitrogen and oxygen atoms in total. The predicted molar refractivity (Wildman–Crippen MR) is 123 cm³/mol. The van der Waals surface area contributed by atoms with Crippen molar-refractivity contribution in [3.05, 3.63) is 44.2 Å². The molecule has 0 aliphatic rings. The highest BCUT2D eigenvalue weighted by molar-refractivity contribution is 7.20. The van der Waals surface area contributed by atoms with Gasteiger partial charge in [0.15, 0.2) is 5.52 Å². The zero-order valence-electron chi connectivity index (χ0n) is 17.6. The first-order valence-corrected chi connectivity index (χ1v) is 11.3. The number of carbonyl (C=O) groups is 1. The minimum Gasteiger partial charge on any atom is -0.444 e. The number of rotatable bonds is 6. The van der Waals surface area contributed by atoms with Crippen molar-refractivity contribution in [2.75, 3.05) is 5.32 Å². The van der Waals surface area contributed by atoms with Gasteiger partial charge in [0, 0.05) is 22.2 Å². The van der Waals surface area contributed by atoms with E-state index >= 15 is 0 Å². The van der Waals surface area contributed by atoms with Gasteiger partial charge in [0.2, 0.25) is 5.82 Å². The quantitative estimate of drug-likeness (QED) is 0.493. The highest BCUT2D eigenvalue weighted by Gasteiger charge is 2.24. The summed E-state index contributed by atoms with van der Waals surface area (Å²) in [6.45, 7) is 15.1. The van der Waals surface area contributed by atoms with Crippen LogP contribution in [0.25, 0.3) is 15.1 Å². The highest BCUT2D eigenvalue weighted by Crippen LogP contribution is 2.36. The first kappa shape index (κ1) is 22.5. The van der Waals surface area contributed by atoms with E-state index < -0.39 is 11.7 Å². The van der Waals surface area contributed by atoms with Gasteiger partial charge in [0.1, 0.15) is 21.9 Å². The summed E-state index contributed by atoms with van der Waals surface area (Å²) in [6, 6.07) is 5.93. The number of nitrogens with zero attached hydrogens (tertiary/aromatic N) is 4. The Labute approximate surface area is 188 Å². The van der Waals surface area contributed by atoms with E-state index in [1.807, 2.05) is 24.4 Å². The molecule has 0 unspecified atom stereocenters. The molecule has 3 heterocycles. The van der Waals surface area contributed by atoms with Crippen LogP contribution < -0.4 is 10.6 Å². The summed E-state index contributed by atoms with van der Waals surface area (Å²) in [4.78, 5) is 25.9. The molecule has 3 aromatic heterocycles. The molecular formula is C21H22N6O2S2. The minimum absolute atomic E-state index is 0.0121. The van der Waals surface area contributed by atoms with Gasteiger partial charge in [-0.05, 0) is 39.1 Å². The first-order valence-electron chi connectivity index (χ1n) is 9.57. The van der Waals surface area contributed by atoms with Crippen molar-refractivity contribution in [1.82, 2.24) is 15.3 Å². The molecule has 31 heavy (non-hydrogen) atoms. The van der Waals surface area contributed by atoms with E-state index in [1.165, 1.54) is 11.3 Å². The van der Waals surface area contributed by atoms with Crippen molar-refractivity contribution in [3.63, 3.8) is 0 Å². The van der Waals surface area contributed by atoms with Crippen LogP contribution in [0.3, 0.4) is 0 Å². The van der Waals surface area contributed by atoms with Gasteiger partial charge in [-0.2, -0.15) is 5.26 Å². The zero-order valence-corrected chi connectivity index (χ0v) is 19.3. The Morgan fingerprint density at radius 3 is 2.81 bits per heavy atom. The maximum absolute atomic E-state index is 12.1. The number of ether oxygens (including phenoxy) is 1. The van der Waals surface area contributed by atoms with Gasteiger partial charge in [0.25, 0.3) is 0 Å². The Hall–Kier alpha value is -3.21. The fourth-order valence-corrected chi connectivity index (χ4v) is 4.79. The number of thiophene rings is 2. The molecule has 0 saturated carbocycles. The second-order valence-electron chi connectivity index (χ2n) is 7.86. The molecule has 0 aliphatic carbocycles. The average Bonchev–Trinajstić information content (AvgIpc) is 3.31. The van der Waals surface area contributed by atoms with Gasteiger partial charge in [-0.1, -0.05) is 6.07 Å². The summed E-state index contributed by atoms with van der Waals surface area (Å²) in [5.74, 6) is 0.520. The fourth-order valence-electron chi connectivity index (χ4n) is 2.86. The third-order valence-corrected chi connectivity index (χ3v) is 6.16. The molecule has 3 aromatic rings. The summed E-state index contributed by atoms with van der Waals surface area (Å²) >= 11 is 3.02. The van der Waals surface area contributed by atoms with Crippen molar-refractivity contribution >= 4 is 50.7 Å². The number of nitrogens with one attached hydrogen (secondary N) is 2. The lowest BCUT2D eigenvalue weighted by Crippen LogP contribution is -2.38. The zero-order chi connectivity index (χ0) is 22.6. The van der Waals surface area contributed by atoms with Crippen molar-refractivity contribution in [3.8, 4) is 6.07 Å². The lowest BCUT2D eigenvalue weighted by Gasteiger charge is -2.21. The molecule has 2 N–H and O–H groups in total. The van der Waals surface area contributed by atoms with Gasteiger partial charge in [-0.15, -0.1) is 39.2 Å². The topological polar surface area (TPSA) is 104 Å². The summed E-state index contributed by atoms with van der Waals surface area (Å²) in [6.07, 6.45) is -0.0750. The summed E-state index contributed by atoms with van der Waals surface area (Å²) in [5.41, 5.74) is 0.277. The van der Waals surface area contributed by atoms with Crippen LogP contribution in [-0.2, 0) is 17.7 Å². The van der Waals surface area contributed by atoms with E-state index in [9.17, 15) is 10.1 Å². The van der Waals surface area contributed by atoms with E-state index in [0.29, 0.717) is 29.9 Å². The number of aromatic nitrogens is 2. The predicted octanol–water partition coefficient (Wildman–Crippen LogP) is 5.24. The highest BCUT2D eigenvalue weighted by atomic mass is 32.1. The lowest BCUT2D eigenvalue weighted by molar-refractivity contribution is 0.0508. The Morgan fingerprint density at radius 1 is 1.42 bits per heavy atom. The molecule has 0 radical (unpaired) electrons. The third-order valence-electron chi connectivity index (χ3n) is 4.07. The smallest absolute Gasteiger partial charge is 0.407 e. The van der Waals surface area contributed by atoms with Crippen molar-refractivity contribution in [1.29, 1.82) is 5.26 Å². The number of anilines is 1. The van der Waals surface area contributed by atoms with Crippen molar-refractivity contribution in [2.45, 2.75) is 52.3 Å². The van der Waals surface area contributed by atoms with E-state index in [-0.39, 0.29) is 12.0 Å². The second kappa shape index (κ2) is 9.29. The van der Waals surface area contributed by atoms with Crippen LogP contribution >= 0.6 is 22.7 Å². The number of nitriles is 1. The molecule has 0 saturated heterocycles. The van der Waals surface area contributed by atoms with Crippen LogP contribution in [-0.4, -0.2) is 27.7 Å². The Balaban J connectivity index is 1.88. The van der Waals surface area contributed by atoms with E-state index in [0.717, 1.165) is 14.5 Å². The molecule has 0 spiro atoms. The minimum atomic E-state index is -0.589.